The molecule has 0 saturated carbocycles. The van der Waals surface area contributed by atoms with E-state index in [1.165, 1.54) is 0 Å². The van der Waals surface area contributed by atoms with Crippen LogP contribution in [0.5, 0.6) is 0 Å². The van der Waals surface area contributed by atoms with E-state index in [-0.39, 0.29) is 11.8 Å². The van der Waals surface area contributed by atoms with Gasteiger partial charge in [-0.1, -0.05) is 11.3 Å². The maximum atomic E-state index is 12.0. The number of carbonyl (C=O) groups is 2. The number of nitrogens with zero attached hydrogens (tertiary/aromatic N) is 3. The lowest BCUT2D eigenvalue weighted by Crippen LogP contribution is -2.34. The van der Waals surface area contributed by atoms with Crippen LogP contribution in [-0.2, 0) is 9.59 Å². The van der Waals surface area contributed by atoms with E-state index in [1.54, 1.807) is 17.5 Å². The number of fused-ring (bicyclic) bond motifs is 1. The zero-order valence-electron chi connectivity index (χ0n) is 10.6. The van der Waals surface area contributed by atoms with Gasteiger partial charge in [0.1, 0.15) is 0 Å². The molecule has 102 valence electrons. The lowest BCUT2D eigenvalue weighted by Gasteiger charge is -2.19. The van der Waals surface area contributed by atoms with Gasteiger partial charge in [0.25, 0.3) is 0 Å². The number of anilines is 1. The average Bonchev–Trinajstić information content (AvgIpc) is 3.08. The Morgan fingerprint density at radius 3 is 3.05 bits per heavy atom. The molecular weight excluding hydrogens is 276 g/mol. The number of amides is 2. The summed E-state index contributed by atoms with van der Waals surface area (Å²) in [5.41, 5.74) is 0.183. The molecule has 0 radical (unpaired) electrons. The molecule has 2 fully saturated rings. The number of thiazole rings is 1. The molecule has 0 bridgehead atoms. The SMILES string of the molecule is O=C1CC2(CCN(c3nc4ncccc4s3)C2)C(=O)N1. The van der Waals surface area contributed by atoms with E-state index in [1.807, 2.05) is 12.1 Å². The van der Waals surface area contributed by atoms with Crippen molar-refractivity contribution in [2.45, 2.75) is 12.8 Å². The highest BCUT2D eigenvalue weighted by atomic mass is 32.1. The smallest absolute Gasteiger partial charge is 0.235 e. The summed E-state index contributed by atoms with van der Waals surface area (Å²) >= 11 is 1.57. The second kappa shape index (κ2) is 3.99. The molecule has 0 aromatic carbocycles. The Hall–Kier alpha value is -2.02. The predicted molar refractivity (Wildman–Crippen MR) is 74.4 cm³/mol. The molecule has 2 aliphatic rings. The van der Waals surface area contributed by atoms with Gasteiger partial charge in [-0.15, -0.1) is 0 Å². The highest BCUT2D eigenvalue weighted by Crippen LogP contribution is 2.41. The minimum atomic E-state index is -0.553. The van der Waals surface area contributed by atoms with E-state index in [9.17, 15) is 9.59 Å². The Bertz CT molecular complexity index is 695. The van der Waals surface area contributed by atoms with Gasteiger partial charge in [0.2, 0.25) is 11.8 Å². The van der Waals surface area contributed by atoms with Gasteiger partial charge in [0, 0.05) is 25.7 Å². The van der Waals surface area contributed by atoms with Crippen molar-refractivity contribution in [1.82, 2.24) is 15.3 Å². The van der Waals surface area contributed by atoms with Gasteiger partial charge >= 0.3 is 0 Å². The van der Waals surface area contributed by atoms with Crippen molar-refractivity contribution in [3.63, 3.8) is 0 Å². The molecule has 4 heterocycles. The van der Waals surface area contributed by atoms with Crippen molar-refractivity contribution in [2.24, 2.45) is 5.41 Å². The van der Waals surface area contributed by atoms with Gasteiger partial charge in [-0.2, -0.15) is 4.98 Å². The monoisotopic (exact) mass is 288 g/mol. The first kappa shape index (κ1) is 11.8. The number of imide groups is 1. The third-order valence-electron chi connectivity index (χ3n) is 4.01. The molecule has 2 aliphatic heterocycles. The average molecular weight is 288 g/mol. The van der Waals surface area contributed by atoms with Crippen molar-refractivity contribution < 1.29 is 9.59 Å². The number of aromatic nitrogens is 2. The molecule has 2 saturated heterocycles. The summed E-state index contributed by atoms with van der Waals surface area (Å²) in [5.74, 6) is -0.299. The normalized spacial score (nSPS) is 25.9. The van der Waals surface area contributed by atoms with Crippen LogP contribution in [0, 0.1) is 5.41 Å². The maximum absolute atomic E-state index is 12.0. The minimum Gasteiger partial charge on any atom is -0.347 e. The summed E-state index contributed by atoms with van der Waals surface area (Å²) < 4.78 is 1.04. The number of carbonyl (C=O) groups excluding carboxylic acids is 2. The van der Waals surface area contributed by atoms with Crippen LogP contribution in [0.25, 0.3) is 10.3 Å². The highest BCUT2D eigenvalue weighted by Gasteiger charge is 2.51. The van der Waals surface area contributed by atoms with E-state index < -0.39 is 5.41 Å². The molecule has 4 rings (SSSR count). The molecule has 2 aromatic heterocycles. The largest absolute Gasteiger partial charge is 0.347 e. The summed E-state index contributed by atoms with van der Waals surface area (Å²) in [6.45, 7) is 1.31. The second-order valence-corrected chi connectivity index (χ2v) is 6.34. The van der Waals surface area contributed by atoms with Crippen molar-refractivity contribution in [1.29, 1.82) is 0 Å². The number of pyridine rings is 1. The Labute approximate surface area is 118 Å². The highest BCUT2D eigenvalue weighted by molar-refractivity contribution is 7.22. The zero-order valence-corrected chi connectivity index (χ0v) is 11.4. The molecule has 6 nitrogen and oxygen atoms in total. The molecule has 1 atom stereocenters. The van der Waals surface area contributed by atoms with Gasteiger partial charge < -0.3 is 4.90 Å². The molecule has 20 heavy (non-hydrogen) atoms. The first-order chi connectivity index (χ1) is 9.66. The van der Waals surface area contributed by atoms with Crippen LogP contribution < -0.4 is 10.2 Å². The van der Waals surface area contributed by atoms with E-state index in [0.29, 0.717) is 19.4 Å². The Morgan fingerprint density at radius 1 is 1.40 bits per heavy atom. The summed E-state index contributed by atoms with van der Waals surface area (Å²) in [5, 5.41) is 3.29. The molecule has 1 unspecified atom stereocenters. The summed E-state index contributed by atoms with van der Waals surface area (Å²) in [4.78, 5) is 34.2. The molecular formula is C13H12N4O2S. The fourth-order valence-corrected chi connectivity index (χ4v) is 3.90. The lowest BCUT2D eigenvalue weighted by atomic mass is 9.85. The van der Waals surface area contributed by atoms with Crippen molar-refractivity contribution >= 4 is 38.6 Å². The topological polar surface area (TPSA) is 75.2 Å². The van der Waals surface area contributed by atoms with Crippen LogP contribution in [-0.4, -0.2) is 34.9 Å². The fraction of sp³-hybridized carbons (Fsp3) is 0.385. The molecule has 0 aliphatic carbocycles. The Kier molecular flexibility index (Phi) is 2.35. The summed E-state index contributed by atoms with van der Waals surface area (Å²) in [7, 11) is 0. The van der Waals surface area contributed by atoms with Gasteiger partial charge in [-0.05, 0) is 18.6 Å². The van der Waals surface area contributed by atoms with Crippen LogP contribution in [0.4, 0.5) is 5.13 Å². The number of hydrogen-bond acceptors (Lipinski definition) is 6. The second-order valence-electron chi connectivity index (χ2n) is 5.33. The van der Waals surface area contributed by atoms with Gasteiger partial charge in [-0.3, -0.25) is 14.9 Å². The van der Waals surface area contributed by atoms with Crippen molar-refractivity contribution in [3.8, 4) is 0 Å². The summed E-state index contributed by atoms with van der Waals surface area (Å²) in [6, 6.07) is 3.87. The van der Waals surface area contributed by atoms with Crippen LogP contribution >= 0.6 is 11.3 Å². The summed E-state index contributed by atoms with van der Waals surface area (Å²) in [6.07, 6.45) is 2.72. The number of rotatable bonds is 1. The van der Waals surface area contributed by atoms with E-state index >= 15 is 0 Å². The number of nitrogens with one attached hydrogen (secondary N) is 1. The molecule has 2 aromatic rings. The number of hydrogen-bond donors (Lipinski definition) is 1. The van der Waals surface area contributed by atoms with Crippen LogP contribution in [0.15, 0.2) is 18.3 Å². The predicted octanol–water partition coefficient (Wildman–Crippen LogP) is 0.934. The lowest BCUT2D eigenvalue weighted by molar-refractivity contribution is -0.127. The van der Waals surface area contributed by atoms with Gasteiger partial charge in [0.05, 0.1) is 10.1 Å². The van der Waals surface area contributed by atoms with Crippen LogP contribution in [0.2, 0.25) is 0 Å². The molecule has 1 N–H and O–H groups in total. The van der Waals surface area contributed by atoms with Crippen LogP contribution in [0.1, 0.15) is 12.8 Å². The fourth-order valence-electron chi connectivity index (χ4n) is 2.95. The van der Waals surface area contributed by atoms with Crippen molar-refractivity contribution in [2.75, 3.05) is 18.0 Å². The minimum absolute atomic E-state index is 0.135. The molecule has 1 spiro atoms. The molecule has 7 heteroatoms. The Balaban J connectivity index is 1.65. The standard InChI is InChI=1S/C13H12N4O2S/c18-9-6-13(11(19)15-9)3-5-17(7-13)12-16-10-8(20-12)2-1-4-14-10/h1-2,4H,3,5-7H2,(H,15,18,19). The third kappa shape index (κ3) is 1.62. The first-order valence-corrected chi connectivity index (χ1v) is 7.29. The van der Waals surface area contributed by atoms with E-state index in [0.717, 1.165) is 22.0 Å². The van der Waals surface area contributed by atoms with Gasteiger partial charge in [0.15, 0.2) is 10.8 Å². The maximum Gasteiger partial charge on any atom is 0.235 e. The molecule has 2 amide bonds. The van der Waals surface area contributed by atoms with Gasteiger partial charge in [-0.25, -0.2) is 4.98 Å². The van der Waals surface area contributed by atoms with E-state index in [4.69, 9.17) is 0 Å². The van der Waals surface area contributed by atoms with Crippen LogP contribution in [0.3, 0.4) is 0 Å². The van der Waals surface area contributed by atoms with E-state index in [2.05, 4.69) is 20.2 Å². The quantitative estimate of drug-likeness (QED) is 0.790. The third-order valence-corrected chi connectivity index (χ3v) is 5.08. The van der Waals surface area contributed by atoms with Crippen molar-refractivity contribution in [3.05, 3.63) is 18.3 Å². The first-order valence-electron chi connectivity index (χ1n) is 6.47. The Morgan fingerprint density at radius 2 is 2.30 bits per heavy atom. The zero-order chi connectivity index (χ0) is 13.7.